The third-order valence-corrected chi connectivity index (χ3v) is 2.99. The van der Waals surface area contributed by atoms with Gasteiger partial charge < -0.3 is 10.0 Å². The first kappa shape index (κ1) is 14.4. The van der Waals surface area contributed by atoms with Gasteiger partial charge in [0.25, 0.3) is 0 Å². The molecule has 0 saturated heterocycles. The third kappa shape index (κ3) is 6.50. The van der Waals surface area contributed by atoms with Crippen LogP contribution in [0.15, 0.2) is 0 Å². The summed E-state index contributed by atoms with van der Waals surface area (Å²) in [6, 6.07) is 0.435. The number of nitrogens with zero attached hydrogens (tertiary/aromatic N) is 1. The van der Waals surface area contributed by atoms with Crippen molar-refractivity contribution in [1.29, 1.82) is 0 Å². The van der Waals surface area contributed by atoms with E-state index in [0.29, 0.717) is 18.5 Å². The number of hydrogen-bond donors (Lipinski definition) is 1. The van der Waals surface area contributed by atoms with Crippen LogP contribution in [-0.2, 0) is 4.79 Å². The standard InChI is InChI=1S/C12H25NO2/c1-5-11(6-2)9-13(10(3)4)8-7-12(14)15/h10-11H,5-9H2,1-4H3,(H,14,15). The van der Waals surface area contributed by atoms with Gasteiger partial charge in [0, 0.05) is 19.1 Å². The van der Waals surface area contributed by atoms with E-state index in [0.717, 1.165) is 6.54 Å². The average molecular weight is 215 g/mol. The zero-order valence-corrected chi connectivity index (χ0v) is 10.5. The van der Waals surface area contributed by atoms with Crippen molar-refractivity contribution in [3.05, 3.63) is 0 Å². The van der Waals surface area contributed by atoms with Gasteiger partial charge in [0.05, 0.1) is 6.42 Å². The molecule has 0 atom stereocenters. The molecule has 0 aromatic carbocycles. The van der Waals surface area contributed by atoms with Gasteiger partial charge in [0.1, 0.15) is 0 Å². The SMILES string of the molecule is CCC(CC)CN(CCC(=O)O)C(C)C. The van der Waals surface area contributed by atoms with Gasteiger partial charge in [-0.3, -0.25) is 4.79 Å². The maximum Gasteiger partial charge on any atom is 0.304 e. The van der Waals surface area contributed by atoms with E-state index in [2.05, 4.69) is 32.6 Å². The van der Waals surface area contributed by atoms with E-state index in [1.807, 2.05) is 0 Å². The molecule has 0 aromatic heterocycles. The van der Waals surface area contributed by atoms with E-state index in [9.17, 15) is 4.79 Å². The second-order valence-electron chi connectivity index (χ2n) is 4.41. The van der Waals surface area contributed by atoms with Crippen molar-refractivity contribution < 1.29 is 9.90 Å². The molecule has 3 nitrogen and oxygen atoms in total. The molecule has 0 aliphatic carbocycles. The quantitative estimate of drug-likeness (QED) is 0.676. The Morgan fingerprint density at radius 2 is 1.80 bits per heavy atom. The highest BCUT2D eigenvalue weighted by Gasteiger charge is 2.15. The minimum Gasteiger partial charge on any atom is -0.481 e. The Balaban J connectivity index is 4.08. The van der Waals surface area contributed by atoms with E-state index < -0.39 is 5.97 Å². The Labute approximate surface area is 93.5 Å². The molecular formula is C12H25NO2. The molecule has 0 fully saturated rings. The largest absolute Gasteiger partial charge is 0.481 e. The number of rotatable bonds is 8. The van der Waals surface area contributed by atoms with Crippen LogP contribution in [0.1, 0.15) is 47.0 Å². The minimum atomic E-state index is -0.704. The molecule has 0 aliphatic rings. The second-order valence-corrected chi connectivity index (χ2v) is 4.41. The smallest absolute Gasteiger partial charge is 0.304 e. The Hall–Kier alpha value is -0.570. The molecule has 0 bridgehead atoms. The Morgan fingerprint density at radius 1 is 1.27 bits per heavy atom. The lowest BCUT2D eigenvalue weighted by Gasteiger charge is -2.29. The van der Waals surface area contributed by atoms with Crippen LogP contribution < -0.4 is 0 Å². The van der Waals surface area contributed by atoms with Crippen LogP contribution >= 0.6 is 0 Å². The summed E-state index contributed by atoms with van der Waals surface area (Å²) in [6.07, 6.45) is 2.60. The van der Waals surface area contributed by atoms with Crippen molar-refractivity contribution in [3.8, 4) is 0 Å². The molecule has 1 N–H and O–H groups in total. The van der Waals surface area contributed by atoms with E-state index in [4.69, 9.17) is 5.11 Å². The summed E-state index contributed by atoms with van der Waals surface area (Å²) in [7, 11) is 0. The van der Waals surface area contributed by atoms with Gasteiger partial charge >= 0.3 is 5.97 Å². The van der Waals surface area contributed by atoms with Crippen LogP contribution in [-0.4, -0.2) is 35.1 Å². The zero-order chi connectivity index (χ0) is 11.8. The van der Waals surface area contributed by atoms with Gasteiger partial charge in [-0.05, 0) is 19.8 Å². The summed E-state index contributed by atoms with van der Waals surface area (Å²) in [5.74, 6) is -0.00797. The highest BCUT2D eigenvalue weighted by Crippen LogP contribution is 2.12. The molecule has 0 rings (SSSR count). The molecular weight excluding hydrogens is 190 g/mol. The third-order valence-electron chi connectivity index (χ3n) is 2.99. The molecule has 90 valence electrons. The molecule has 0 aliphatic heterocycles. The van der Waals surface area contributed by atoms with Gasteiger partial charge in [0.2, 0.25) is 0 Å². The molecule has 0 spiro atoms. The first-order valence-corrected chi connectivity index (χ1v) is 5.97. The topological polar surface area (TPSA) is 40.5 Å². The second kappa shape index (κ2) is 7.69. The number of carboxylic acid groups (broad SMARTS) is 1. The lowest BCUT2D eigenvalue weighted by molar-refractivity contribution is -0.137. The summed E-state index contributed by atoms with van der Waals surface area (Å²) in [4.78, 5) is 12.8. The van der Waals surface area contributed by atoms with Crippen LogP contribution in [0.4, 0.5) is 0 Å². The number of hydrogen-bond acceptors (Lipinski definition) is 2. The summed E-state index contributed by atoms with van der Waals surface area (Å²) >= 11 is 0. The predicted molar refractivity (Wildman–Crippen MR) is 63.0 cm³/mol. The van der Waals surface area contributed by atoms with Crippen molar-refractivity contribution in [3.63, 3.8) is 0 Å². The Morgan fingerprint density at radius 3 is 2.13 bits per heavy atom. The molecule has 0 amide bonds. The minimum absolute atomic E-state index is 0.248. The van der Waals surface area contributed by atoms with Crippen LogP contribution in [0.2, 0.25) is 0 Å². The first-order valence-electron chi connectivity index (χ1n) is 5.97. The fraction of sp³-hybridized carbons (Fsp3) is 0.917. The van der Waals surface area contributed by atoms with Crippen LogP contribution in [0, 0.1) is 5.92 Å². The van der Waals surface area contributed by atoms with Gasteiger partial charge in [0.15, 0.2) is 0 Å². The maximum atomic E-state index is 10.5. The van der Waals surface area contributed by atoms with Gasteiger partial charge in [-0.15, -0.1) is 0 Å². The van der Waals surface area contributed by atoms with Gasteiger partial charge in [-0.25, -0.2) is 0 Å². The van der Waals surface area contributed by atoms with Crippen molar-refractivity contribution in [2.75, 3.05) is 13.1 Å². The number of carbonyl (C=O) groups is 1. The van der Waals surface area contributed by atoms with E-state index in [1.165, 1.54) is 12.8 Å². The zero-order valence-electron chi connectivity index (χ0n) is 10.5. The van der Waals surface area contributed by atoms with E-state index in [-0.39, 0.29) is 6.42 Å². The van der Waals surface area contributed by atoms with Crippen LogP contribution in [0.5, 0.6) is 0 Å². The molecule has 0 aromatic rings. The van der Waals surface area contributed by atoms with Crippen molar-refractivity contribution >= 4 is 5.97 Å². The van der Waals surface area contributed by atoms with Gasteiger partial charge in [-0.1, -0.05) is 26.7 Å². The molecule has 0 radical (unpaired) electrons. The van der Waals surface area contributed by atoms with Crippen molar-refractivity contribution in [1.82, 2.24) is 4.90 Å². The van der Waals surface area contributed by atoms with Crippen molar-refractivity contribution in [2.24, 2.45) is 5.92 Å². The highest BCUT2D eigenvalue weighted by molar-refractivity contribution is 5.66. The number of carboxylic acids is 1. The first-order chi connectivity index (χ1) is 7.01. The molecule has 0 saturated carbocycles. The predicted octanol–water partition coefficient (Wildman–Crippen LogP) is 2.61. The lowest BCUT2D eigenvalue weighted by atomic mass is 10.0. The number of aliphatic carboxylic acids is 1. The van der Waals surface area contributed by atoms with E-state index >= 15 is 0 Å². The molecule has 0 heterocycles. The summed E-state index contributed by atoms with van der Waals surface area (Å²) < 4.78 is 0. The highest BCUT2D eigenvalue weighted by atomic mass is 16.4. The van der Waals surface area contributed by atoms with Crippen molar-refractivity contribution in [2.45, 2.75) is 53.0 Å². The Kier molecular flexibility index (Phi) is 7.39. The molecule has 3 heteroatoms. The lowest BCUT2D eigenvalue weighted by Crippen LogP contribution is -2.36. The van der Waals surface area contributed by atoms with Crippen LogP contribution in [0.3, 0.4) is 0 Å². The summed E-state index contributed by atoms with van der Waals surface area (Å²) in [5.41, 5.74) is 0. The molecule has 0 unspecified atom stereocenters. The average Bonchev–Trinajstić information content (AvgIpc) is 2.17. The van der Waals surface area contributed by atoms with Gasteiger partial charge in [-0.2, -0.15) is 0 Å². The summed E-state index contributed by atoms with van der Waals surface area (Å²) in [5, 5.41) is 8.67. The normalized spacial score (nSPS) is 11.7. The van der Waals surface area contributed by atoms with E-state index in [1.54, 1.807) is 0 Å². The molecule has 15 heavy (non-hydrogen) atoms. The van der Waals surface area contributed by atoms with Crippen LogP contribution in [0.25, 0.3) is 0 Å². The Bertz CT molecular complexity index is 176. The monoisotopic (exact) mass is 215 g/mol. The maximum absolute atomic E-state index is 10.5. The summed E-state index contributed by atoms with van der Waals surface area (Å²) in [6.45, 7) is 10.4. The fourth-order valence-corrected chi connectivity index (χ4v) is 1.68. The fourth-order valence-electron chi connectivity index (χ4n) is 1.68.